The molecule has 1 amide bonds. The highest BCUT2D eigenvalue weighted by atomic mass is 35.5. The van der Waals surface area contributed by atoms with Crippen molar-refractivity contribution >= 4 is 57.9 Å². The maximum absolute atomic E-state index is 12.6. The summed E-state index contributed by atoms with van der Waals surface area (Å²) in [6.07, 6.45) is -4.99. The van der Waals surface area contributed by atoms with E-state index < -0.39 is 23.9 Å². The molecule has 0 radical (unpaired) electrons. The summed E-state index contributed by atoms with van der Waals surface area (Å²) in [5, 5.41) is 9.94. The molecule has 3 heterocycles. The predicted octanol–water partition coefficient (Wildman–Crippen LogP) is 5.87. The van der Waals surface area contributed by atoms with E-state index in [4.69, 9.17) is 11.6 Å². The topological polar surface area (TPSA) is 142 Å². The van der Waals surface area contributed by atoms with Gasteiger partial charge in [-0.1, -0.05) is 23.7 Å². The lowest BCUT2D eigenvalue weighted by Crippen LogP contribution is -2.39. The highest BCUT2D eigenvalue weighted by molar-refractivity contribution is 6.41. The van der Waals surface area contributed by atoms with Gasteiger partial charge in [-0.25, -0.2) is 9.97 Å². The number of aromatic amines is 1. The van der Waals surface area contributed by atoms with E-state index in [0.29, 0.717) is 16.8 Å². The first-order valence-corrected chi connectivity index (χ1v) is 12.8. The number of hydrogen-bond acceptors (Lipinski definition) is 8. The number of nitrogens with zero attached hydrogens (tertiary/aromatic N) is 3. The van der Waals surface area contributed by atoms with Gasteiger partial charge in [-0.3, -0.25) is 14.4 Å². The average Bonchev–Trinajstić information content (AvgIpc) is 3.46. The second-order valence-electron chi connectivity index (χ2n) is 9.17. The molecule has 0 atom stereocenters. The van der Waals surface area contributed by atoms with Crippen molar-refractivity contribution in [2.75, 3.05) is 16.0 Å². The molecule has 4 N–H and O–H groups in total. The molecule has 0 saturated carbocycles. The largest absolute Gasteiger partial charge is 0.458 e. The summed E-state index contributed by atoms with van der Waals surface area (Å²) in [6, 6.07) is 13.9. The number of H-pyrrole nitrogens is 1. The zero-order valence-electron chi connectivity index (χ0n) is 22.1. The lowest BCUT2D eigenvalue weighted by molar-refractivity contribution is -0.193. The van der Waals surface area contributed by atoms with Crippen LogP contribution in [0.25, 0.3) is 0 Å². The van der Waals surface area contributed by atoms with Crippen molar-refractivity contribution in [2.45, 2.75) is 31.6 Å². The Labute approximate surface area is 249 Å². The lowest BCUT2D eigenvalue weighted by Gasteiger charge is -2.14. The van der Waals surface area contributed by atoms with Gasteiger partial charge in [-0.2, -0.15) is 31.3 Å². The second kappa shape index (κ2) is 13.1. The van der Waals surface area contributed by atoms with Crippen LogP contribution in [-0.2, 0) is 33.6 Å². The molecule has 4 aromatic rings. The number of aryl methyl sites for hydroxylation is 2. The van der Waals surface area contributed by atoms with Gasteiger partial charge in [-0.15, -0.1) is 0 Å². The van der Waals surface area contributed by atoms with Crippen LogP contribution in [0.3, 0.4) is 0 Å². The van der Waals surface area contributed by atoms with Gasteiger partial charge in [-0.05, 0) is 54.3 Å². The van der Waals surface area contributed by atoms with Crippen LogP contribution in [0, 0.1) is 0 Å². The highest BCUT2D eigenvalue weighted by Crippen LogP contribution is 2.30. The Hall–Kier alpha value is -4.99. The number of rotatable bonds is 4. The number of hydrogen-bond donors (Lipinski definition) is 4. The van der Waals surface area contributed by atoms with Gasteiger partial charge in [0.1, 0.15) is 5.02 Å². The van der Waals surface area contributed by atoms with E-state index >= 15 is 0 Å². The SMILES string of the molecule is O=C(C(=O)C(F)(F)F)C(F)(F)F.O=C(Cc1cnc[nH]1)Nc1ccc2cc1CCc1cccc(c1)Nc1ncc(Cl)c(n1)N2. The van der Waals surface area contributed by atoms with E-state index in [1.807, 2.05) is 30.3 Å². The van der Waals surface area contributed by atoms with Crippen LogP contribution in [0.4, 0.5) is 55.2 Å². The Morgan fingerprint density at radius 3 is 2.25 bits per heavy atom. The summed E-state index contributed by atoms with van der Waals surface area (Å²) < 4.78 is 67.0. The molecule has 5 rings (SSSR count). The summed E-state index contributed by atoms with van der Waals surface area (Å²) in [6.45, 7) is 0. The van der Waals surface area contributed by atoms with Crippen molar-refractivity contribution in [2.24, 2.45) is 0 Å². The number of alkyl halides is 6. The van der Waals surface area contributed by atoms with E-state index in [1.54, 1.807) is 18.7 Å². The normalized spacial score (nSPS) is 12.5. The van der Waals surface area contributed by atoms with Gasteiger partial charge in [0.2, 0.25) is 11.9 Å². The minimum absolute atomic E-state index is 0.108. The van der Waals surface area contributed by atoms with Gasteiger partial charge in [0.15, 0.2) is 5.82 Å². The van der Waals surface area contributed by atoms with Crippen LogP contribution in [-0.4, -0.2) is 49.8 Å². The number of imidazole rings is 1. The molecule has 2 aromatic heterocycles. The Bertz CT molecular complexity index is 1650. The maximum Gasteiger partial charge on any atom is 0.458 e. The minimum Gasteiger partial charge on any atom is -0.348 e. The number of Topliss-reactive ketones (excluding diaryl/α,β-unsaturated/α-hetero) is 2. The molecule has 0 saturated heterocycles. The molecule has 1 aliphatic rings. The molecular formula is C27H20ClF6N7O3. The Morgan fingerprint density at radius 1 is 0.886 bits per heavy atom. The molecule has 0 aliphatic carbocycles. The van der Waals surface area contributed by atoms with Crippen LogP contribution in [0.5, 0.6) is 0 Å². The maximum atomic E-state index is 12.6. The van der Waals surface area contributed by atoms with E-state index in [1.165, 1.54) is 0 Å². The number of carbonyl (C=O) groups is 3. The molecule has 0 spiro atoms. The number of nitrogens with one attached hydrogen (secondary N) is 4. The van der Waals surface area contributed by atoms with E-state index in [9.17, 15) is 40.7 Å². The van der Waals surface area contributed by atoms with Crippen molar-refractivity contribution < 1.29 is 40.7 Å². The van der Waals surface area contributed by atoms with Crippen LogP contribution in [0.15, 0.2) is 61.2 Å². The Balaban J connectivity index is 0.000000314. The summed E-state index contributed by atoms with van der Waals surface area (Å²) in [5.41, 5.74) is 5.43. The number of amides is 1. The molecular weight excluding hydrogens is 620 g/mol. The zero-order valence-corrected chi connectivity index (χ0v) is 22.9. The summed E-state index contributed by atoms with van der Waals surface area (Å²) in [5.74, 6) is -5.97. The first-order chi connectivity index (χ1) is 20.7. The van der Waals surface area contributed by atoms with Gasteiger partial charge in [0, 0.05) is 29.0 Å². The molecule has 0 fully saturated rings. The number of carbonyl (C=O) groups excluding carboxylic acids is 3. The fourth-order valence-electron chi connectivity index (χ4n) is 3.87. The molecule has 1 aliphatic heterocycles. The standard InChI is InChI=1S/C23H20ClN7O.C4F6O2/c24-19-12-26-23-29-16-3-1-2-14(8-16)4-5-15-9-17(28-22(19)31-23)6-7-20(15)30-21(32)10-18-11-25-13-27-18;5-3(6,7)1(11)2(12)4(8,9)10/h1-3,6-9,11-13H,4-5,10H2,(H,25,27)(H,30,32)(H2,26,28,29,31);. The smallest absolute Gasteiger partial charge is 0.348 e. The van der Waals surface area contributed by atoms with Crippen LogP contribution < -0.4 is 16.0 Å². The predicted molar refractivity (Wildman–Crippen MR) is 147 cm³/mol. The number of anilines is 5. The van der Waals surface area contributed by atoms with E-state index in [2.05, 4.69) is 48.0 Å². The van der Waals surface area contributed by atoms with Gasteiger partial charge < -0.3 is 20.9 Å². The lowest BCUT2D eigenvalue weighted by atomic mass is 10.0. The fourth-order valence-corrected chi connectivity index (χ4v) is 4.01. The molecule has 17 heteroatoms. The minimum atomic E-state index is -5.77. The summed E-state index contributed by atoms with van der Waals surface area (Å²) in [4.78, 5) is 47.5. The van der Waals surface area contributed by atoms with Gasteiger partial charge in [0.25, 0.3) is 0 Å². The number of halogens is 7. The number of benzene rings is 2. The summed E-state index contributed by atoms with van der Waals surface area (Å²) in [7, 11) is 0. The van der Waals surface area contributed by atoms with Crippen LogP contribution >= 0.6 is 11.6 Å². The van der Waals surface area contributed by atoms with E-state index in [0.717, 1.165) is 46.7 Å². The zero-order chi connectivity index (χ0) is 32.1. The number of ketones is 2. The first kappa shape index (κ1) is 31.9. The quantitative estimate of drug-likeness (QED) is 0.161. The van der Waals surface area contributed by atoms with Gasteiger partial charge >= 0.3 is 23.9 Å². The van der Waals surface area contributed by atoms with Crippen molar-refractivity contribution in [1.82, 2.24) is 19.9 Å². The number of fused-ring (bicyclic) bond motifs is 6. The molecule has 230 valence electrons. The van der Waals surface area contributed by atoms with E-state index in [-0.39, 0.29) is 12.3 Å². The monoisotopic (exact) mass is 639 g/mol. The van der Waals surface area contributed by atoms with Crippen molar-refractivity contribution in [3.63, 3.8) is 0 Å². The molecule has 10 nitrogen and oxygen atoms in total. The van der Waals surface area contributed by atoms with Crippen molar-refractivity contribution in [3.05, 3.63) is 83.0 Å². The number of aromatic nitrogens is 4. The van der Waals surface area contributed by atoms with Crippen molar-refractivity contribution in [1.29, 1.82) is 0 Å². The molecule has 2 aromatic carbocycles. The third-order valence-electron chi connectivity index (χ3n) is 5.88. The van der Waals surface area contributed by atoms with Gasteiger partial charge in [0.05, 0.1) is 18.9 Å². The van der Waals surface area contributed by atoms with Crippen LogP contribution in [0.1, 0.15) is 16.8 Å². The Morgan fingerprint density at radius 2 is 1.59 bits per heavy atom. The second-order valence-corrected chi connectivity index (χ2v) is 9.58. The molecule has 0 unspecified atom stereocenters. The fraction of sp³-hybridized carbons (Fsp3) is 0.185. The molecule has 6 bridgehead atoms. The average molecular weight is 640 g/mol. The highest BCUT2D eigenvalue weighted by Gasteiger charge is 2.54. The first-order valence-electron chi connectivity index (χ1n) is 12.5. The third-order valence-corrected chi connectivity index (χ3v) is 6.16. The Kier molecular flexibility index (Phi) is 9.52. The third kappa shape index (κ3) is 8.53. The summed E-state index contributed by atoms with van der Waals surface area (Å²) >= 11 is 6.32. The van der Waals surface area contributed by atoms with Crippen molar-refractivity contribution in [3.8, 4) is 0 Å². The molecule has 44 heavy (non-hydrogen) atoms. The van der Waals surface area contributed by atoms with Crippen LogP contribution in [0.2, 0.25) is 5.02 Å².